The van der Waals surface area contributed by atoms with E-state index in [-0.39, 0.29) is 98.1 Å². The Kier molecular flexibility index (Phi) is 20.7. The number of benzene rings is 3. The van der Waals surface area contributed by atoms with Crippen LogP contribution in [0.4, 0.5) is 0 Å². The highest BCUT2D eigenvalue weighted by molar-refractivity contribution is 7.13. The van der Waals surface area contributed by atoms with E-state index in [2.05, 4.69) is 31.4 Å². The van der Waals surface area contributed by atoms with Crippen LogP contribution in [-0.2, 0) is 87.5 Å². The Morgan fingerprint density at radius 1 is 0.543 bits per heavy atom. The minimum absolute atomic E-state index is 0.0307. The van der Waals surface area contributed by atoms with Crippen molar-refractivity contribution in [2.24, 2.45) is 0 Å². The van der Waals surface area contributed by atoms with Crippen molar-refractivity contribution in [3.63, 3.8) is 0 Å². The van der Waals surface area contributed by atoms with Crippen LogP contribution in [0.3, 0.4) is 0 Å². The van der Waals surface area contributed by atoms with E-state index in [1.807, 2.05) is 18.2 Å². The predicted octanol–water partition coefficient (Wildman–Crippen LogP) is 8.26. The van der Waals surface area contributed by atoms with E-state index in [1.165, 1.54) is 50.9 Å². The third kappa shape index (κ3) is 15.0. The van der Waals surface area contributed by atoms with Gasteiger partial charge in [-0.05, 0) is 120 Å². The van der Waals surface area contributed by atoms with E-state index in [0.29, 0.717) is 96.4 Å². The lowest BCUT2D eigenvalue weighted by molar-refractivity contribution is -0.138. The summed E-state index contributed by atoms with van der Waals surface area (Å²) in [5, 5.41) is 9.78. The first kappa shape index (κ1) is 67.5. The lowest BCUT2D eigenvalue weighted by Crippen LogP contribution is -2.52. The van der Waals surface area contributed by atoms with E-state index < -0.39 is 64.6 Å². The fraction of sp³-hybridized carbons (Fsp3) is 0.357. The molecule has 2 unspecified atom stereocenters. The number of carbonyl (C=O) groups is 15. The minimum atomic E-state index is -0.672. The van der Waals surface area contributed by atoms with Crippen LogP contribution in [0.2, 0.25) is 0 Å². The predicted molar refractivity (Wildman–Crippen MR) is 345 cm³/mol. The van der Waals surface area contributed by atoms with Gasteiger partial charge < -0.3 is 19.4 Å². The molecule has 3 atom stereocenters. The minimum Gasteiger partial charge on any atom is -0.497 e. The highest BCUT2D eigenvalue weighted by Gasteiger charge is 2.43. The van der Waals surface area contributed by atoms with Gasteiger partial charge in [-0.3, -0.25) is 82.6 Å². The van der Waals surface area contributed by atoms with Gasteiger partial charge in [0.25, 0.3) is 17.7 Å². The van der Waals surface area contributed by atoms with Gasteiger partial charge in [-0.15, -0.1) is 34.0 Å². The summed E-state index contributed by atoms with van der Waals surface area (Å²) in [6.45, 7) is 7.14. The van der Waals surface area contributed by atoms with Gasteiger partial charge in [-0.1, -0.05) is 63.2 Å². The molecule has 94 heavy (non-hydrogen) atoms. The maximum absolute atomic E-state index is 12.9. The van der Waals surface area contributed by atoms with Crippen molar-refractivity contribution >= 4 is 122 Å². The zero-order valence-corrected chi connectivity index (χ0v) is 54.5. The largest absolute Gasteiger partial charge is 0.497 e. The third-order valence-corrected chi connectivity index (χ3v) is 20.5. The molecule has 24 heteroatoms. The molecule has 0 radical (unpaired) electrons. The van der Waals surface area contributed by atoms with Crippen molar-refractivity contribution in [1.82, 2.24) is 25.3 Å². The molecular formula is C70H67N5O16S3. The molecule has 2 saturated heterocycles. The molecule has 486 valence electrons. The molecule has 3 aromatic heterocycles. The summed E-state index contributed by atoms with van der Waals surface area (Å²) in [5.41, 5.74) is 6.68. The summed E-state index contributed by atoms with van der Waals surface area (Å²) in [7, 11) is 1.52. The number of methoxy groups -OCH3 is 1. The highest BCUT2D eigenvalue weighted by atomic mass is 32.1. The second-order valence-electron chi connectivity index (χ2n) is 24.7. The topological polar surface area (TPSA) is 299 Å². The molecule has 1 saturated carbocycles. The van der Waals surface area contributed by atoms with Gasteiger partial charge in [-0.2, -0.15) is 0 Å². The summed E-state index contributed by atoms with van der Waals surface area (Å²) < 4.78 is 5.05. The normalized spacial score (nSPS) is 18.4. The Hall–Kier alpha value is -9.39. The number of imide groups is 2. The zero-order chi connectivity index (χ0) is 67.3. The van der Waals surface area contributed by atoms with Crippen molar-refractivity contribution in [1.29, 1.82) is 0 Å². The summed E-state index contributed by atoms with van der Waals surface area (Å²) >= 11 is 4.01. The molecule has 5 aliphatic heterocycles. The molecule has 7 amide bonds. The van der Waals surface area contributed by atoms with Crippen molar-refractivity contribution in [3.8, 4) is 5.75 Å². The average molecular weight is 1330 g/mol. The van der Waals surface area contributed by atoms with Gasteiger partial charge in [0.2, 0.25) is 58.3 Å². The highest BCUT2D eigenvalue weighted by Crippen LogP contribution is 2.37. The van der Waals surface area contributed by atoms with Crippen molar-refractivity contribution < 1.29 is 76.7 Å². The Bertz CT molecular complexity index is 4120. The van der Waals surface area contributed by atoms with E-state index in [1.54, 1.807) is 81.7 Å². The number of fused-ring (bicyclic) bond motifs is 3. The molecular weight excluding hydrogens is 1260 g/mol. The van der Waals surface area contributed by atoms with E-state index in [9.17, 15) is 71.9 Å². The first-order valence-corrected chi connectivity index (χ1v) is 33.5. The Balaban J connectivity index is 0.000000155. The Labute approximate surface area is 552 Å². The third-order valence-electron chi connectivity index (χ3n) is 17.5. The maximum atomic E-state index is 12.9. The molecule has 12 rings (SSSR count). The van der Waals surface area contributed by atoms with Crippen LogP contribution in [0, 0.1) is 0 Å². The van der Waals surface area contributed by atoms with Gasteiger partial charge in [0, 0.05) is 95.4 Å². The second-order valence-corrected chi connectivity index (χ2v) is 27.6. The summed E-state index contributed by atoms with van der Waals surface area (Å²) in [6.07, 6.45) is 3.72. The number of carbonyl (C=O) groups excluding carboxylic acids is 15. The zero-order valence-electron chi connectivity index (χ0n) is 52.1. The molecule has 21 nitrogen and oxygen atoms in total. The van der Waals surface area contributed by atoms with Crippen LogP contribution >= 0.6 is 34.0 Å². The standard InChI is InChI=1S/C29H31NO5.C22H20N2O6S.C19H16N2O5S2/c1-29(2,3)21-11-9-19(10-12-21)27(34)25(32)14-8-18-7-13-23-20(15-18)17-30(28(23)35)24-6-4-5-22(31)16-26(24)33;1-30-13-4-2-12(3-5-13)20(27)17(25)7-8-18-14-10-24(22(29)15(14)11-31-18)16-6-9-19(26)23-21(16)28;22-13(17(24)15-2-1-7-27-15)4-5-14-10-8-21(19(26)11(10)9-28-14)12-3-6-16(23)20-18(12)25/h7,9-13,15,24H,4-6,8,14,16-17H2,1-3H3;2-5,11,16H,6-10H2,1H3,(H,23,26,28);1-2,7,9,12H,3-6,8H2,(H,20,23,25)/t24-;;/m0../s1. The number of nitrogens with zero attached hydrogens (tertiary/aromatic N) is 3. The quantitative estimate of drug-likeness (QED) is 0.0253. The lowest BCUT2D eigenvalue weighted by Gasteiger charge is -2.29. The molecule has 6 aromatic rings. The smallest absolute Gasteiger partial charge is 0.256 e. The number of ketones is 8. The number of amides is 7. The number of thiophene rings is 3. The number of hydrogen-bond acceptors (Lipinski definition) is 19. The van der Waals surface area contributed by atoms with Gasteiger partial charge in [0.1, 0.15) is 23.6 Å². The summed E-state index contributed by atoms with van der Waals surface area (Å²) in [4.78, 5) is 191. The van der Waals surface area contributed by atoms with Crippen molar-refractivity contribution in [2.75, 3.05) is 7.11 Å². The number of piperidine rings is 2. The van der Waals surface area contributed by atoms with Crippen LogP contribution in [0.1, 0.15) is 190 Å². The fourth-order valence-electron chi connectivity index (χ4n) is 12.2. The van der Waals surface area contributed by atoms with Crippen LogP contribution < -0.4 is 15.4 Å². The number of aryl methyl sites for hydroxylation is 3. The first-order chi connectivity index (χ1) is 44.9. The van der Waals surface area contributed by atoms with Gasteiger partial charge in [0.15, 0.2) is 5.78 Å². The molecule has 0 spiro atoms. The van der Waals surface area contributed by atoms with E-state index in [4.69, 9.17) is 4.74 Å². The molecule has 2 N–H and O–H groups in total. The Morgan fingerprint density at radius 3 is 1.54 bits per heavy atom. The van der Waals surface area contributed by atoms with Crippen molar-refractivity contribution in [2.45, 2.75) is 154 Å². The monoisotopic (exact) mass is 1330 g/mol. The van der Waals surface area contributed by atoms with E-state index in [0.717, 1.165) is 37.6 Å². The van der Waals surface area contributed by atoms with Crippen LogP contribution in [0.25, 0.3) is 0 Å². The fourth-order valence-corrected chi connectivity index (χ4v) is 15.0. The van der Waals surface area contributed by atoms with Crippen molar-refractivity contribution in [3.05, 3.63) is 165 Å². The molecule has 8 heterocycles. The van der Waals surface area contributed by atoms with Crippen LogP contribution in [0.5, 0.6) is 5.75 Å². The summed E-state index contributed by atoms with van der Waals surface area (Å²) in [5.74, 6) is -4.79. The molecule has 3 fully saturated rings. The molecule has 1 aliphatic carbocycles. The van der Waals surface area contributed by atoms with Gasteiger partial charge in [-0.25, -0.2) is 0 Å². The molecule has 0 bridgehead atoms. The average Bonchev–Trinajstić information content (AvgIpc) is 1.63. The van der Waals surface area contributed by atoms with E-state index >= 15 is 0 Å². The number of hydrogen-bond donors (Lipinski definition) is 2. The number of rotatable bonds is 19. The Morgan fingerprint density at radius 2 is 1.04 bits per heavy atom. The first-order valence-electron chi connectivity index (χ1n) is 30.8. The van der Waals surface area contributed by atoms with Crippen LogP contribution in [0.15, 0.2) is 95.0 Å². The number of Topliss-reactive ketones (excluding diaryl/α,β-unsaturated/α-hetero) is 8. The second kappa shape index (κ2) is 28.9. The molecule has 3 aromatic carbocycles. The van der Waals surface area contributed by atoms with Gasteiger partial charge in [0.05, 0.1) is 35.6 Å². The summed E-state index contributed by atoms with van der Waals surface area (Å²) in [6, 6.07) is 20.4. The lowest BCUT2D eigenvalue weighted by atomic mass is 9.86. The van der Waals surface area contributed by atoms with Gasteiger partial charge >= 0.3 is 0 Å². The maximum Gasteiger partial charge on any atom is 0.256 e. The molecule has 6 aliphatic rings. The number of ether oxygens (including phenoxy) is 1. The SMILES string of the molecule is CC(C)(C)c1ccc(C(=O)C(=O)CCc2ccc3c(c2)CN([C@H]2CCCC(=O)CC2=O)C3=O)cc1.COc1ccc(C(=O)C(=O)CCc2scc3c2CN(C2CCC(=O)NC2=O)C3=O)cc1.O=C1CCC(N2Cc3c(csc3CCC(=O)C(=O)c3cccs3)C2=O)C(=O)N1. The number of nitrogens with one attached hydrogen (secondary N) is 2. The van der Waals surface area contributed by atoms with Crippen LogP contribution in [-0.4, -0.2) is 128 Å².